The van der Waals surface area contributed by atoms with Crippen molar-refractivity contribution in [3.63, 3.8) is 0 Å². The molecule has 77 heavy (non-hydrogen) atoms. The van der Waals surface area contributed by atoms with Crippen molar-refractivity contribution in [1.29, 1.82) is 0 Å². The summed E-state index contributed by atoms with van der Waals surface area (Å²) in [5.74, 6) is 4.71. The lowest BCUT2D eigenvalue weighted by Crippen LogP contribution is -2.21. The lowest BCUT2D eigenvalue weighted by atomic mass is 9.83. The monoisotopic (exact) mass is 1050 g/mol. The quantitative estimate of drug-likeness (QED) is 0.0276. The molecule has 7 rings (SSSR count). The fourth-order valence-corrected chi connectivity index (χ4v) is 10.4. The third-order valence-corrected chi connectivity index (χ3v) is 14.9. The van der Waals surface area contributed by atoms with E-state index in [0.29, 0.717) is 74.3 Å². The summed E-state index contributed by atoms with van der Waals surface area (Å²) in [7, 11) is 0. The van der Waals surface area contributed by atoms with Crippen LogP contribution in [0, 0.1) is 0 Å². The first-order valence-electron chi connectivity index (χ1n) is 30.2. The number of carbonyl (C=O) groups excluding carboxylic acids is 2. The van der Waals surface area contributed by atoms with Crippen molar-refractivity contribution < 1.29 is 42.7 Å². The Kier molecular flexibility index (Phi) is 24.4. The number of rotatable bonds is 39. The number of hydrogen-bond donors (Lipinski definition) is 0. The second kappa shape index (κ2) is 32.1. The van der Waals surface area contributed by atoms with Crippen molar-refractivity contribution >= 4 is 43.9 Å². The van der Waals surface area contributed by atoms with Gasteiger partial charge in [0.25, 0.3) is 0 Å². The van der Waals surface area contributed by atoms with Crippen molar-refractivity contribution in [2.75, 3.05) is 46.2 Å². The Bertz CT molecular complexity index is 2740. The van der Waals surface area contributed by atoms with Crippen molar-refractivity contribution in [3.05, 3.63) is 101 Å². The van der Waals surface area contributed by atoms with Crippen LogP contribution in [0.4, 0.5) is 0 Å². The molecule has 6 aromatic rings. The van der Waals surface area contributed by atoms with Gasteiger partial charge in [-0.3, -0.25) is 9.59 Å². The Morgan fingerprint density at radius 1 is 0.260 bits per heavy atom. The van der Waals surface area contributed by atoms with Gasteiger partial charge in [0.05, 0.1) is 51.8 Å². The first-order chi connectivity index (χ1) is 37.9. The maximum Gasteiger partial charge on any atom is 0.198 e. The molecule has 0 aromatic heterocycles. The molecule has 0 N–H and O–H groups in total. The number of ether oxygens (including phenoxy) is 7. The summed E-state index contributed by atoms with van der Waals surface area (Å²) in [6, 6.07) is 25.5. The van der Waals surface area contributed by atoms with Crippen LogP contribution in [0.25, 0.3) is 32.3 Å². The minimum absolute atomic E-state index is 0.141. The Morgan fingerprint density at radius 2 is 0.506 bits per heavy atom. The van der Waals surface area contributed by atoms with Crippen LogP contribution in [0.3, 0.4) is 0 Å². The van der Waals surface area contributed by atoms with Gasteiger partial charge in [-0.05, 0) is 133 Å². The fourth-order valence-electron chi connectivity index (χ4n) is 10.4. The average Bonchev–Trinajstić information content (AvgIpc) is 3.55. The van der Waals surface area contributed by atoms with Crippen molar-refractivity contribution in [2.24, 2.45) is 0 Å². The molecule has 0 heterocycles. The molecule has 9 heteroatoms. The predicted molar refractivity (Wildman–Crippen MR) is 316 cm³/mol. The van der Waals surface area contributed by atoms with Crippen molar-refractivity contribution in [3.8, 4) is 40.2 Å². The lowest BCUT2D eigenvalue weighted by Gasteiger charge is -2.21. The van der Waals surface area contributed by atoms with Gasteiger partial charge in [-0.2, -0.15) is 0 Å². The van der Waals surface area contributed by atoms with Gasteiger partial charge >= 0.3 is 0 Å². The van der Waals surface area contributed by atoms with Gasteiger partial charge in [-0.1, -0.05) is 167 Å². The topological polar surface area (TPSA) is 98.8 Å². The van der Waals surface area contributed by atoms with Gasteiger partial charge < -0.3 is 33.2 Å². The summed E-state index contributed by atoms with van der Waals surface area (Å²) >= 11 is 0. The number of benzene rings is 6. The van der Waals surface area contributed by atoms with Crippen LogP contribution in [-0.4, -0.2) is 57.8 Å². The molecule has 6 aromatic carbocycles. The van der Waals surface area contributed by atoms with Crippen LogP contribution in [0.2, 0.25) is 0 Å². The summed E-state index contributed by atoms with van der Waals surface area (Å²) in [5.41, 5.74) is 1.64. The highest BCUT2D eigenvalue weighted by atomic mass is 16.5. The second-order valence-electron chi connectivity index (χ2n) is 21.1. The fraction of sp³-hybridized carbons (Fsp3) is 0.529. The molecule has 0 spiro atoms. The molecule has 416 valence electrons. The third kappa shape index (κ3) is 16.3. The van der Waals surface area contributed by atoms with Crippen LogP contribution >= 0.6 is 0 Å². The molecular formula is C68H90O9. The van der Waals surface area contributed by atoms with Gasteiger partial charge in [0.1, 0.15) is 5.75 Å². The van der Waals surface area contributed by atoms with Gasteiger partial charge in [-0.25, -0.2) is 0 Å². The standard InChI is InChI=1S/C68H90O9/c1-6-11-16-25-38-72-60-44-53-54-45-61(73-39-26-17-12-7-2)63(75-41-28-19-14-9-4)47-56(54)58-49-65(64(76-42-29-20-15-10-5)48-57(58)55(53)46-62(60)74-40-27-18-13-8-3)77-43-31-22-21-30-37-71-59-36-32-35-52-66(59)68(70)51-34-24-23-33-50(51)67(52)69/h23-24,32-36,44-49H,6-22,25-31,37-43H2,1-5H3. The molecule has 0 unspecified atom stereocenters. The molecule has 0 bridgehead atoms. The summed E-state index contributed by atoms with van der Waals surface area (Å²) < 4.78 is 46.5. The van der Waals surface area contributed by atoms with Crippen LogP contribution in [-0.2, 0) is 0 Å². The lowest BCUT2D eigenvalue weighted by molar-refractivity contribution is 0.0975. The smallest absolute Gasteiger partial charge is 0.198 e. The summed E-state index contributed by atoms with van der Waals surface area (Å²) in [4.78, 5) is 26.8. The molecule has 0 saturated carbocycles. The molecule has 0 atom stereocenters. The van der Waals surface area contributed by atoms with E-state index in [0.717, 1.165) is 163 Å². The summed E-state index contributed by atoms with van der Waals surface area (Å²) in [6.07, 6.45) is 25.8. The van der Waals surface area contributed by atoms with E-state index in [2.05, 4.69) is 71.0 Å². The van der Waals surface area contributed by atoms with Gasteiger partial charge in [0.15, 0.2) is 46.1 Å². The molecule has 0 saturated heterocycles. The SMILES string of the molecule is CCCCCCOc1cc2c3cc(OCCCCCC)c(OCCCCCC)cc3c3cc(OCCCCCCOc4cccc5c4C(=O)c4ccccc4C5=O)c(OCCCCCC)cc3c2cc1OCCCCCC. The number of fused-ring (bicyclic) bond motifs is 8. The summed E-state index contributed by atoms with van der Waals surface area (Å²) in [5, 5.41) is 6.38. The normalized spacial score (nSPS) is 12.1. The largest absolute Gasteiger partial charge is 0.493 e. The van der Waals surface area contributed by atoms with E-state index in [1.54, 1.807) is 42.5 Å². The first kappa shape index (κ1) is 58.7. The molecule has 1 aliphatic rings. The molecule has 0 amide bonds. The van der Waals surface area contributed by atoms with Crippen LogP contribution in [0.15, 0.2) is 78.9 Å². The molecular weight excluding hydrogens is 961 g/mol. The van der Waals surface area contributed by atoms with E-state index < -0.39 is 0 Å². The van der Waals surface area contributed by atoms with E-state index in [9.17, 15) is 9.59 Å². The number of carbonyl (C=O) groups is 2. The second-order valence-corrected chi connectivity index (χ2v) is 21.1. The van der Waals surface area contributed by atoms with Crippen molar-refractivity contribution in [1.82, 2.24) is 0 Å². The highest BCUT2D eigenvalue weighted by molar-refractivity contribution is 6.29. The van der Waals surface area contributed by atoms with E-state index in [-0.39, 0.29) is 11.6 Å². The minimum atomic E-state index is -0.167. The van der Waals surface area contributed by atoms with Crippen LogP contribution < -0.4 is 33.2 Å². The van der Waals surface area contributed by atoms with E-state index in [1.165, 1.54) is 57.8 Å². The molecule has 0 fully saturated rings. The minimum Gasteiger partial charge on any atom is -0.493 e. The number of hydrogen-bond acceptors (Lipinski definition) is 9. The maximum atomic E-state index is 13.5. The highest BCUT2D eigenvalue weighted by Gasteiger charge is 2.32. The Balaban J connectivity index is 1.20. The Labute approximate surface area is 461 Å². The van der Waals surface area contributed by atoms with E-state index >= 15 is 0 Å². The zero-order valence-corrected chi connectivity index (χ0v) is 47.6. The Hall–Kier alpha value is -5.96. The molecule has 0 radical (unpaired) electrons. The van der Waals surface area contributed by atoms with Gasteiger partial charge in [-0.15, -0.1) is 0 Å². The maximum absolute atomic E-state index is 13.5. The van der Waals surface area contributed by atoms with Crippen LogP contribution in [0.5, 0.6) is 40.2 Å². The Morgan fingerprint density at radius 3 is 0.792 bits per heavy atom. The van der Waals surface area contributed by atoms with Gasteiger partial charge in [0, 0.05) is 16.7 Å². The number of unbranched alkanes of at least 4 members (excludes halogenated alkanes) is 18. The zero-order valence-electron chi connectivity index (χ0n) is 47.6. The highest BCUT2D eigenvalue weighted by Crippen LogP contribution is 2.47. The van der Waals surface area contributed by atoms with E-state index in [1.807, 2.05) is 0 Å². The summed E-state index contributed by atoms with van der Waals surface area (Å²) in [6.45, 7) is 15.3. The van der Waals surface area contributed by atoms with E-state index in [4.69, 9.17) is 33.2 Å². The zero-order chi connectivity index (χ0) is 54.0. The molecule has 0 aliphatic heterocycles. The first-order valence-corrected chi connectivity index (χ1v) is 30.2. The van der Waals surface area contributed by atoms with Crippen molar-refractivity contribution in [2.45, 2.75) is 189 Å². The number of ketones is 2. The third-order valence-electron chi connectivity index (χ3n) is 14.9. The van der Waals surface area contributed by atoms with Gasteiger partial charge in [0.2, 0.25) is 0 Å². The molecule has 1 aliphatic carbocycles. The van der Waals surface area contributed by atoms with Crippen LogP contribution in [0.1, 0.15) is 221 Å². The molecule has 9 nitrogen and oxygen atoms in total. The predicted octanol–water partition coefficient (Wildman–Crippen LogP) is 18.7. The average molecular weight is 1050 g/mol.